The van der Waals surface area contributed by atoms with Crippen molar-refractivity contribution in [2.75, 3.05) is 0 Å². The molecule has 0 heterocycles. The van der Waals surface area contributed by atoms with Gasteiger partial charge in [-0.25, -0.2) is 9.59 Å². The van der Waals surface area contributed by atoms with Crippen molar-refractivity contribution in [2.45, 2.75) is 26.1 Å². The molecular weight excluding hydrogens is 368 g/mol. The number of carbonyl (C=O) groups is 4. The molecule has 0 aliphatic heterocycles. The lowest BCUT2D eigenvalue weighted by atomic mass is 10.1. The number of benzene rings is 2. The van der Waals surface area contributed by atoms with E-state index in [1.165, 1.54) is 24.3 Å². The average Bonchev–Trinajstić information content (AvgIpc) is 2.64. The first-order chi connectivity index (χ1) is 13.2. The van der Waals surface area contributed by atoms with E-state index in [9.17, 15) is 29.4 Å². The van der Waals surface area contributed by atoms with Crippen LogP contribution >= 0.6 is 0 Å². The normalized spacial score (nSPS) is 12.5. The second kappa shape index (κ2) is 8.81. The van der Waals surface area contributed by atoms with E-state index in [0.29, 0.717) is 0 Å². The molecule has 8 heteroatoms. The van der Waals surface area contributed by atoms with Crippen LogP contribution in [0.5, 0.6) is 0 Å². The molecule has 146 valence electrons. The van der Waals surface area contributed by atoms with Crippen LogP contribution in [-0.4, -0.2) is 36.1 Å². The summed E-state index contributed by atoms with van der Waals surface area (Å²) >= 11 is 0. The van der Waals surface area contributed by atoms with Crippen LogP contribution in [0.3, 0.4) is 0 Å². The first-order valence-electron chi connectivity index (χ1n) is 8.16. The van der Waals surface area contributed by atoms with Crippen molar-refractivity contribution in [3.8, 4) is 0 Å². The molecule has 2 rings (SSSR count). The fourth-order valence-electron chi connectivity index (χ4n) is 2.21. The lowest BCUT2D eigenvalue weighted by Crippen LogP contribution is -2.55. The zero-order valence-electron chi connectivity index (χ0n) is 15.0. The van der Waals surface area contributed by atoms with E-state index in [1.54, 1.807) is 38.1 Å². The number of hydrogen-bond acceptors (Lipinski definition) is 8. The molecule has 0 saturated carbocycles. The molecule has 2 aromatic carbocycles. The number of aliphatic carboxylic acids is 2. The molecule has 0 saturated heterocycles. The maximum atomic E-state index is 12.1. The van der Waals surface area contributed by atoms with Gasteiger partial charge in [0, 0.05) is 0 Å². The lowest BCUT2D eigenvalue weighted by molar-refractivity contribution is -0.332. The third-order valence-corrected chi connectivity index (χ3v) is 3.78. The van der Waals surface area contributed by atoms with Crippen LogP contribution in [0.4, 0.5) is 0 Å². The minimum atomic E-state index is -2.40. The Hall–Kier alpha value is -3.68. The standard InChI is InChI=1S/C20H18O8/c1-11-3-7-13(8-4-11)19(25)27-15(17(21)22)16(18(23)24)28-20(26)14-9-5-12(2)6-10-14/h3-10,15-16H,1-2H3,(H,21,22)(H,23,24)/p-2/t15-,16+. The monoisotopic (exact) mass is 384 g/mol. The fourth-order valence-corrected chi connectivity index (χ4v) is 2.21. The summed E-state index contributed by atoms with van der Waals surface area (Å²) in [6.45, 7) is 3.55. The molecule has 2 aromatic rings. The van der Waals surface area contributed by atoms with E-state index in [2.05, 4.69) is 0 Å². The molecule has 8 nitrogen and oxygen atoms in total. The summed E-state index contributed by atoms with van der Waals surface area (Å²) in [5, 5.41) is 22.7. The van der Waals surface area contributed by atoms with Gasteiger partial charge in [0.2, 0.25) is 0 Å². The van der Waals surface area contributed by atoms with Crippen LogP contribution in [-0.2, 0) is 19.1 Å². The highest BCUT2D eigenvalue weighted by Crippen LogP contribution is 2.13. The first-order valence-corrected chi connectivity index (χ1v) is 8.16. The van der Waals surface area contributed by atoms with E-state index >= 15 is 0 Å². The molecule has 0 unspecified atom stereocenters. The molecular formula is C20H16O8-2. The number of carbonyl (C=O) groups excluding carboxylic acids is 4. The Morgan fingerprint density at radius 1 is 0.643 bits per heavy atom. The van der Waals surface area contributed by atoms with Crippen LogP contribution in [0.2, 0.25) is 0 Å². The summed E-state index contributed by atoms with van der Waals surface area (Å²) in [5.41, 5.74) is 1.65. The second-order valence-corrected chi connectivity index (χ2v) is 6.02. The van der Waals surface area contributed by atoms with Crippen LogP contribution < -0.4 is 10.2 Å². The van der Waals surface area contributed by atoms with Crippen LogP contribution in [0, 0.1) is 13.8 Å². The van der Waals surface area contributed by atoms with Crippen LogP contribution in [0.15, 0.2) is 48.5 Å². The fraction of sp³-hybridized carbons (Fsp3) is 0.200. The Morgan fingerprint density at radius 2 is 0.929 bits per heavy atom. The van der Waals surface area contributed by atoms with E-state index < -0.39 is 36.1 Å². The Balaban J connectivity index is 2.21. The first kappa shape index (κ1) is 20.6. The van der Waals surface area contributed by atoms with Crippen molar-refractivity contribution in [2.24, 2.45) is 0 Å². The summed E-state index contributed by atoms with van der Waals surface area (Å²) in [4.78, 5) is 47.0. The predicted octanol–water partition coefficient (Wildman–Crippen LogP) is -0.446. The maximum Gasteiger partial charge on any atom is 0.338 e. The third-order valence-electron chi connectivity index (χ3n) is 3.78. The molecule has 0 bridgehead atoms. The Labute approximate surface area is 160 Å². The van der Waals surface area contributed by atoms with Crippen molar-refractivity contribution in [3.63, 3.8) is 0 Å². The average molecular weight is 384 g/mol. The van der Waals surface area contributed by atoms with Gasteiger partial charge in [0.1, 0.15) is 0 Å². The van der Waals surface area contributed by atoms with Crippen LogP contribution in [0.1, 0.15) is 31.8 Å². The van der Waals surface area contributed by atoms with Gasteiger partial charge in [0.15, 0.2) is 12.2 Å². The largest absolute Gasteiger partial charge is 0.546 e. The highest BCUT2D eigenvalue weighted by molar-refractivity contribution is 5.94. The van der Waals surface area contributed by atoms with E-state index in [0.717, 1.165) is 11.1 Å². The van der Waals surface area contributed by atoms with Gasteiger partial charge in [0.05, 0.1) is 23.1 Å². The summed E-state index contributed by atoms with van der Waals surface area (Å²) in [6.07, 6.45) is -4.79. The predicted molar refractivity (Wildman–Crippen MR) is 90.8 cm³/mol. The molecule has 0 N–H and O–H groups in total. The number of esters is 2. The van der Waals surface area contributed by atoms with E-state index in [1.807, 2.05) is 0 Å². The maximum absolute atomic E-state index is 12.1. The summed E-state index contributed by atoms with van der Waals surface area (Å²) in [5.74, 6) is -6.34. The Bertz CT molecular complexity index is 808. The molecule has 28 heavy (non-hydrogen) atoms. The van der Waals surface area contributed by atoms with Gasteiger partial charge in [-0.05, 0) is 38.1 Å². The van der Waals surface area contributed by atoms with E-state index in [-0.39, 0.29) is 11.1 Å². The number of hydrogen-bond donors (Lipinski definition) is 0. The smallest absolute Gasteiger partial charge is 0.338 e. The highest BCUT2D eigenvalue weighted by Gasteiger charge is 2.32. The zero-order chi connectivity index (χ0) is 20.8. The van der Waals surface area contributed by atoms with Crippen molar-refractivity contribution >= 4 is 23.9 Å². The molecule has 2 atom stereocenters. The third kappa shape index (κ3) is 5.16. The number of ether oxygens (including phenoxy) is 2. The molecule has 0 aliphatic rings. The number of aryl methyl sites for hydroxylation is 2. The summed E-state index contributed by atoms with van der Waals surface area (Å²) in [6, 6.07) is 11.8. The highest BCUT2D eigenvalue weighted by atomic mass is 16.6. The molecule has 0 fully saturated rings. The van der Waals surface area contributed by atoms with Crippen molar-refractivity contribution in [1.82, 2.24) is 0 Å². The molecule has 0 aliphatic carbocycles. The minimum absolute atomic E-state index is 0.0150. The topological polar surface area (TPSA) is 133 Å². The van der Waals surface area contributed by atoms with Crippen LogP contribution in [0.25, 0.3) is 0 Å². The number of carboxylic acids is 2. The SMILES string of the molecule is Cc1ccc(C(=O)O[C@H](C(=O)[O-])[C@@H](OC(=O)c2ccc(C)cc2)C(=O)[O-])cc1. The van der Waals surface area contributed by atoms with Gasteiger partial charge in [0.25, 0.3) is 0 Å². The van der Waals surface area contributed by atoms with Gasteiger partial charge in [-0.2, -0.15) is 0 Å². The summed E-state index contributed by atoms with van der Waals surface area (Å²) in [7, 11) is 0. The van der Waals surface area contributed by atoms with Gasteiger partial charge in [-0.15, -0.1) is 0 Å². The molecule has 0 amide bonds. The number of carboxylic acid groups (broad SMARTS) is 2. The van der Waals surface area contributed by atoms with E-state index in [4.69, 9.17) is 9.47 Å². The zero-order valence-corrected chi connectivity index (χ0v) is 15.0. The molecule has 0 radical (unpaired) electrons. The van der Waals surface area contributed by atoms with Crippen molar-refractivity contribution in [1.29, 1.82) is 0 Å². The lowest BCUT2D eigenvalue weighted by Gasteiger charge is -2.28. The Morgan fingerprint density at radius 3 is 1.18 bits per heavy atom. The second-order valence-electron chi connectivity index (χ2n) is 6.02. The quantitative estimate of drug-likeness (QED) is 0.587. The number of rotatable bonds is 7. The van der Waals surface area contributed by atoms with Gasteiger partial charge < -0.3 is 29.3 Å². The summed E-state index contributed by atoms with van der Waals surface area (Å²) < 4.78 is 9.44. The van der Waals surface area contributed by atoms with Crippen molar-refractivity contribution < 1.29 is 38.9 Å². The molecule has 0 spiro atoms. The van der Waals surface area contributed by atoms with Gasteiger partial charge in [-0.1, -0.05) is 35.4 Å². The van der Waals surface area contributed by atoms with Crippen molar-refractivity contribution in [3.05, 3.63) is 70.8 Å². The van der Waals surface area contributed by atoms with Gasteiger partial charge in [-0.3, -0.25) is 0 Å². The minimum Gasteiger partial charge on any atom is -0.546 e. The van der Waals surface area contributed by atoms with Gasteiger partial charge >= 0.3 is 11.9 Å². The molecule has 0 aromatic heterocycles. The Kier molecular flexibility index (Phi) is 6.49.